The Balaban J connectivity index is 1.48. The molecule has 2 aliphatic rings. The normalized spacial score (nSPS) is 19.5. The van der Waals surface area contributed by atoms with Crippen molar-refractivity contribution in [1.82, 2.24) is 19.6 Å². The fourth-order valence-electron chi connectivity index (χ4n) is 4.31. The molecule has 32 heavy (non-hydrogen) atoms. The molecule has 8 heteroatoms. The van der Waals surface area contributed by atoms with Gasteiger partial charge in [-0.25, -0.2) is 0 Å². The van der Waals surface area contributed by atoms with Crippen LogP contribution in [0.5, 0.6) is 11.5 Å². The Morgan fingerprint density at radius 3 is 2.34 bits per heavy atom. The maximum absolute atomic E-state index is 11.9. The third-order valence-corrected chi connectivity index (χ3v) is 6.31. The number of aliphatic hydroxyl groups excluding tert-OH is 1. The molecule has 3 rings (SSSR count). The Kier molecular flexibility index (Phi) is 9.59. The van der Waals surface area contributed by atoms with Gasteiger partial charge in [0.25, 0.3) is 0 Å². The third-order valence-electron chi connectivity index (χ3n) is 6.31. The highest BCUT2D eigenvalue weighted by Crippen LogP contribution is 2.29. The van der Waals surface area contributed by atoms with Gasteiger partial charge in [-0.05, 0) is 43.6 Å². The molecule has 1 aromatic rings. The van der Waals surface area contributed by atoms with Crippen LogP contribution in [0.1, 0.15) is 24.8 Å². The Morgan fingerprint density at radius 1 is 1.00 bits per heavy atom. The van der Waals surface area contributed by atoms with Crippen molar-refractivity contribution in [1.29, 1.82) is 0 Å². The fraction of sp³-hybridized carbons (Fsp3) is 0.708. The van der Waals surface area contributed by atoms with E-state index in [1.54, 1.807) is 26.1 Å². The number of nitrogens with zero attached hydrogens (tertiary/aromatic N) is 4. The number of aliphatic hydroxyl groups is 1. The summed E-state index contributed by atoms with van der Waals surface area (Å²) >= 11 is 0. The molecule has 2 aliphatic heterocycles. The summed E-state index contributed by atoms with van der Waals surface area (Å²) in [4.78, 5) is 20.5. The van der Waals surface area contributed by atoms with Crippen LogP contribution in [0.2, 0.25) is 0 Å². The molecule has 0 radical (unpaired) electrons. The van der Waals surface area contributed by atoms with Gasteiger partial charge >= 0.3 is 0 Å². The van der Waals surface area contributed by atoms with E-state index in [0.717, 1.165) is 51.4 Å². The molecule has 0 aromatic heterocycles. The van der Waals surface area contributed by atoms with Gasteiger partial charge in [0.1, 0.15) is 12.7 Å². The summed E-state index contributed by atoms with van der Waals surface area (Å²) in [7, 11) is 5.24. The van der Waals surface area contributed by atoms with Crippen LogP contribution in [0, 0.1) is 0 Å². The van der Waals surface area contributed by atoms with Crippen molar-refractivity contribution in [2.75, 3.05) is 80.2 Å². The molecule has 0 saturated carbocycles. The molecule has 1 atom stereocenters. The zero-order valence-electron chi connectivity index (χ0n) is 20.0. The van der Waals surface area contributed by atoms with Gasteiger partial charge in [0.15, 0.2) is 11.5 Å². The zero-order chi connectivity index (χ0) is 22.9. The van der Waals surface area contributed by atoms with E-state index in [9.17, 15) is 9.90 Å². The lowest BCUT2D eigenvalue weighted by atomic mass is 10.1. The van der Waals surface area contributed by atoms with E-state index in [1.807, 2.05) is 12.1 Å². The highest BCUT2D eigenvalue weighted by molar-refractivity contribution is 5.77. The molecule has 180 valence electrons. The monoisotopic (exact) mass is 448 g/mol. The largest absolute Gasteiger partial charge is 0.493 e. The van der Waals surface area contributed by atoms with Crippen LogP contribution in [0.15, 0.2) is 18.2 Å². The van der Waals surface area contributed by atoms with Crippen molar-refractivity contribution in [2.24, 2.45) is 0 Å². The second kappa shape index (κ2) is 12.4. The molecule has 2 fully saturated rings. The van der Waals surface area contributed by atoms with Crippen LogP contribution in [-0.4, -0.2) is 117 Å². The van der Waals surface area contributed by atoms with E-state index in [-0.39, 0.29) is 12.5 Å². The van der Waals surface area contributed by atoms with E-state index in [2.05, 4.69) is 20.8 Å². The van der Waals surface area contributed by atoms with E-state index in [4.69, 9.17) is 9.47 Å². The average Bonchev–Trinajstić information content (AvgIpc) is 2.79. The molecule has 2 saturated heterocycles. The second-order valence-electron chi connectivity index (χ2n) is 9.15. The Labute approximate surface area is 192 Å². The number of rotatable bonds is 10. The molecule has 0 bridgehead atoms. The summed E-state index contributed by atoms with van der Waals surface area (Å²) in [5.74, 6) is 1.52. The first-order chi connectivity index (χ1) is 15.4. The predicted octanol–water partition coefficient (Wildman–Crippen LogP) is 1.13. The minimum absolute atomic E-state index is 0.151. The summed E-state index contributed by atoms with van der Waals surface area (Å²) in [6.45, 7) is 7.99. The van der Waals surface area contributed by atoms with Crippen molar-refractivity contribution in [3.8, 4) is 11.5 Å². The molecule has 1 unspecified atom stereocenters. The SMILES string of the molecule is COc1ccc(CN2CCN(CC(=O)N(C)C)CC2)cc1OCC(O)CN1CCCCC1. The minimum atomic E-state index is -0.514. The van der Waals surface area contributed by atoms with Crippen LogP contribution in [-0.2, 0) is 11.3 Å². The number of ether oxygens (including phenoxy) is 2. The van der Waals surface area contributed by atoms with Crippen molar-refractivity contribution < 1.29 is 19.4 Å². The predicted molar refractivity (Wildman–Crippen MR) is 125 cm³/mol. The highest BCUT2D eigenvalue weighted by atomic mass is 16.5. The van der Waals surface area contributed by atoms with Gasteiger partial charge in [-0.1, -0.05) is 12.5 Å². The molecule has 1 amide bonds. The lowest BCUT2D eigenvalue weighted by Gasteiger charge is -2.34. The molecule has 0 aliphatic carbocycles. The molecule has 1 aromatic carbocycles. The molecule has 8 nitrogen and oxygen atoms in total. The van der Waals surface area contributed by atoms with Gasteiger partial charge in [0.05, 0.1) is 13.7 Å². The van der Waals surface area contributed by atoms with Gasteiger partial charge in [0.2, 0.25) is 5.91 Å². The zero-order valence-corrected chi connectivity index (χ0v) is 20.0. The van der Waals surface area contributed by atoms with Crippen molar-refractivity contribution in [2.45, 2.75) is 31.9 Å². The fourth-order valence-corrected chi connectivity index (χ4v) is 4.31. The smallest absolute Gasteiger partial charge is 0.236 e. The topological polar surface area (TPSA) is 68.7 Å². The van der Waals surface area contributed by atoms with Gasteiger partial charge in [0, 0.05) is 53.4 Å². The summed E-state index contributed by atoms with van der Waals surface area (Å²) < 4.78 is 11.4. The van der Waals surface area contributed by atoms with Crippen LogP contribution in [0.3, 0.4) is 0 Å². The first-order valence-corrected chi connectivity index (χ1v) is 11.8. The van der Waals surface area contributed by atoms with Crippen LogP contribution in [0.25, 0.3) is 0 Å². The van der Waals surface area contributed by atoms with Crippen LogP contribution in [0.4, 0.5) is 0 Å². The number of hydrogen-bond acceptors (Lipinski definition) is 7. The first-order valence-electron chi connectivity index (χ1n) is 11.8. The number of carbonyl (C=O) groups excluding carboxylic acids is 1. The molecule has 0 spiro atoms. The number of amides is 1. The number of piperidine rings is 1. The number of hydrogen-bond donors (Lipinski definition) is 1. The second-order valence-corrected chi connectivity index (χ2v) is 9.15. The molecular formula is C24H40N4O4. The highest BCUT2D eigenvalue weighted by Gasteiger charge is 2.20. The van der Waals surface area contributed by atoms with Crippen LogP contribution < -0.4 is 9.47 Å². The van der Waals surface area contributed by atoms with Gasteiger partial charge in [-0.3, -0.25) is 14.6 Å². The Morgan fingerprint density at radius 2 is 1.69 bits per heavy atom. The molecule has 1 N–H and O–H groups in total. The summed E-state index contributed by atoms with van der Waals surface area (Å²) in [5, 5.41) is 10.4. The van der Waals surface area contributed by atoms with Gasteiger partial charge < -0.3 is 24.4 Å². The standard InChI is InChI=1S/C24H40N4O4/c1-25(2)24(30)18-28-13-11-27(12-14-28)16-20-7-8-22(31-3)23(15-20)32-19-21(29)17-26-9-5-4-6-10-26/h7-8,15,21,29H,4-6,9-14,16-19H2,1-3H3. The first kappa shape index (κ1) is 24.8. The number of β-amino-alcohol motifs (C(OH)–C–C–N with tert-alkyl or cyclic N) is 1. The molecular weight excluding hydrogens is 408 g/mol. The minimum Gasteiger partial charge on any atom is -0.493 e. The summed E-state index contributed by atoms with van der Waals surface area (Å²) in [6, 6.07) is 6.03. The maximum atomic E-state index is 11.9. The number of piperazine rings is 1. The number of carbonyl (C=O) groups is 1. The van der Waals surface area contributed by atoms with E-state index >= 15 is 0 Å². The maximum Gasteiger partial charge on any atom is 0.236 e. The number of benzene rings is 1. The Bertz CT molecular complexity index is 716. The summed E-state index contributed by atoms with van der Waals surface area (Å²) in [5.41, 5.74) is 1.16. The lowest BCUT2D eigenvalue weighted by molar-refractivity contribution is -0.130. The van der Waals surface area contributed by atoms with Crippen LogP contribution >= 0.6 is 0 Å². The van der Waals surface area contributed by atoms with E-state index < -0.39 is 6.10 Å². The quantitative estimate of drug-likeness (QED) is 0.575. The number of methoxy groups -OCH3 is 1. The van der Waals surface area contributed by atoms with Gasteiger partial charge in [-0.15, -0.1) is 0 Å². The van der Waals surface area contributed by atoms with E-state index in [0.29, 0.717) is 24.6 Å². The average molecular weight is 449 g/mol. The van der Waals surface area contributed by atoms with Crippen molar-refractivity contribution in [3.05, 3.63) is 23.8 Å². The lowest BCUT2D eigenvalue weighted by Crippen LogP contribution is -2.48. The number of likely N-dealkylation sites (N-methyl/N-ethyl adjacent to an activating group) is 1. The van der Waals surface area contributed by atoms with Crippen molar-refractivity contribution in [3.63, 3.8) is 0 Å². The van der Waals surface area contributed by atoms with Crippen molar-refractivity contribution >= 4 is 5.91 Å². The summed E-state index contributed by atoms with van der Waals surface area (Å²) in [6.07, 6.45) is 3.20. The molecule has 2 heterocycles. The number of likely N-dealkylation sites (tertiary alicyclic amines) is 1. The van der Waals surface area contributed by atoms with Gasteiger partial charge in [-0.2, -0.15) is 0 Å². The van der Waals surface area contributed by atoms with E-state index in [1.165, 1.54) is 19.3 Å². The Hall–Kier alpha value is -1.87. The third kappa shape index (κ3) is 7.62.